The molecule has 1 saturated heterocycles. The number of hydrogen-bond donors (Lipinski definition) is 1. The van der Waals surface area contributed by atoms with Gasteiger partial charge in [-0.1, -0.05) is 6.92 Å². The second-order valence-electron chi connectivity index (χ2n) is 5.21. The SMILES string of the molecule is CCN(CC(=O)N(C)C(C)C)C1COCC1C(=O)O. The summed E-state index contributed by atoms with van der Waals surface area (Å²) < 4.78 is 5.26. The molecule has 0 aliphatic carbocycles. The fourth-order valence-electron chi connectivity index (χ4n) is 2.18. The number of rotatable bonds is 6. The highest BCUT2D eigenvalue weighted by molar-refractivity contribution is 5.78. The van der Waals surface area contributed by atoms with Crippen molar-refractivity contribution >= 4 is 11.9 Å². The van der Waals surface area contributed by atoms with Crippen LogP contribution in [0.15, 0.2) is 0 Å². The van der Waals surface area contributed by atoms with Gasteiger partial charge in [0.25, 0.3) is 0 Å². The highest BCUT2D eigenvalue weighted by Gasteiger charge is 2.38. The first-order valence-corrected chi connectivity index (χ1v) is 6.68. The van der Waals surface area contributed by atoms with Gasteiger partial charge in [-0.05, 0) is 20.4 Å². The van der Waals surface area contributed by atoms with Crippen molar-refractivity contribution in [2.24, 2.45) is 5.92 Å². The molecule has 2 atom stereocenters. The molecule has 0 aromatic rings. The van der Waals surface area contributed by atoms with Crippen molar-refractivity contribution in [1.82, 2.24) is 9.80 Å². The molecule has 110 valence electrons. The summed E-state index contributed by atoms with van der Waals surface area (Å²) >= 11 is 0. The van der Waals surface area contributed by atoms with Crippen LogP contribution in [0.4, 0.5) is 0 Å². The van der Waals surface area contributed by atoms with E-state index >= 15 is 0 Å². The monoisotopic (exact) mass is 272 g/mol. The Morgan fingerprint density at radius 3 is 2.47 bits per heavy atom. The summed E-state index contributed by atoms with van der Waals surface area (Å²) in [4.78, 5) is 26.8. The van der Waals surface area contributed by atoms with Crippen LogP contribution in [-0.4, -0.2) is 72.2 Å². The van der Waals surface area contributed by atoms with Crippen molar-refractivity contribution in [2.75, 3.05) is 33.4 Å². The van der Waals surface area contributed by atoms with Gasteiger partial charge in [0.2, 0.25) is 5.91 Å². The van der Waals surface area contributed by atoms with E-state index in [1.165, 1.54) is 0 Å². The van der Waals surface area contributed by atoms with Crippen LogP contribution in [0.5, 0.6) is 0 Å². The second-order valence-corrected chi connectivity index (χ2v) is 5.21. The Balaban J connectivity index is 2.67. The lowest BCUT2D eigenvalue weighted by molar-refractivity contribution is -0.144. The maximum atomic E-state index is 12.1. The molecule has 1 fully saturated rings. The minimum atomic E-state index is -0.856. The molecule has 0 spiro atoms. The van der Waals surface area contributed by atoms with Gasteiger partial charge in [-0.3, -0.25) is 14.5 Å². The van der Waals surface area contributed by atoms with Gasteiger partial charge in [0.15, 0.2) is 0 Å². The van der Waals surface area contributed by atoms with E-state index in [-0.39, 0.29) is 31.1 Å². The molecule has 0 bridgehead atoms. The number of carboxylic acid groups (broad SMARTS) is 1. The number of carbonyl (C=O) groups excluding carboxylic acids is 1. The Morgan fingerprint density at radius 1 is 1.37 bits per heavy atom. The number of likely N-dealkylation sites (N-methyl/N-ethyl adjacent to an activating group) is 2. The van der Waals surface area contributed by atoms with Crippen molar-refractivity contribution in [1.29, 1.82) is 0 Å². The zero-order chi connectivity index (χ0) is 14.6. The molecular weight excluding hydrogens is 248 g/mol. The third-order valence-corrected chi connectivity index (χ3v) is 3.75. The van der Waals surface area contributed by atoms with E-state index in [9.17, 15) is 9.59 Å². The van der Waals surface area contributed by atoms with Crippen molar-refractivity contribution < 1.29 is 19.4 Å². The number of nitrogens with zero attached hydrogens (tertiary/aromatic N) is 2. The summed E-state index contributed by atoms with van der Waals surface area (Å²) in [6.07, 6.45) is 0. The number of aliphatic carboxylic acids is 1. The minimum Gasteiger partial charge on any atom is -0.481 e. The second kappa shape index (κ2) is 6.86. The van der Waals surface area contributed by atoms with Gasteiger partial charge in [-0.2, -0.15) is 0 Å². The molecule has 1 heterocycles. The van der Waals surface area contributed by atoms with Crippen LogP contribution in [-0.2, 0) is 14.3 Å². The molecular formula is C13H24N2O4. The van der Waals surface area contributed by atoms with E-state index in [0.29, 0.717) is 13.2 Å². The minimum absolute atomic E-state index is 0.00730. The van der Waals surface area contributed by atoms with Crippen LogP contribution in [0.2, 0.25) is 0 Å². The van der Waals surface area contributed by atoms with Crippen LogP contribution in [0.25, 0.3) is 0 Å². The fourth-order valence-corrected chi connectivity index (χ4v) is 2.18. The number of ether oxygens (including phenoxy) is 1. The summed E-state index contributed by atoms with van der Waals surface area (Å²) in [5, 5.41) is 9.16. The maximum Gasteiger partial charge on any atom is 0.310 e. The normalized spacial score (nSPS) is 23.1. The van der Waals surface area contributed by atoms with Crippen LogP contribution < -0.4 is 0 Å². The van der Waals surface area contributed by atoms with E-state index < -0.39 is 11.9 Å². The van der Waals surface area contributed by atoms with E-state index in [4.69, 9.17) is 9.84 Å². The van der Waals surface area contributed by atoms with Gasteiger partial charge < -0.3 is 14.7 Å². The van der Waals surface area contributed by atoms with Gasteiger partial charge in [-0.25, -0.2) is 0 Å². The molecule has 1 aliphatic rings. The lowest BCUT2D eigenvalue weighted by atomic mass is 10.0. The van der Waals surface area contributed by atoms with Crippen LogP contribution in [0, 0.1) is 5.92 Å². The van der Waals surface area contributed by atoms with Crippen molar-refractivity contribution in [3.63, 3.8) is 0 Å². The highest BCUT2D eigenvalue weighted by atomic mass is 16.5. The van der Waals surface area contributed by atoms with Crippen molar-refractivity contribution in [2.45, 2.75) is 32.9 Å². The lowest BCUT2D eigenvalue weighted by Crippen LogP contribution is -2.48. The summed E-state index contributed by atoms with van der Waals surface area (Å²) in [5.74, 6) is -1.39. The molecule has 1 rings (SSSR count). The third-order valence-electron chi connectivity index (χ3n) is 3.75. The Morgan fingerprint density at radius 2 is 2.00 bits per heavy atom. The molecule has 0 saturated carbocycles. The molecule has 19 heavy (non-hydrogen) atoms. The summed E-state index contributed by atoms with van der Waals surface area (Å²) in [5.41, 5.74) is 0. The molecule has 6 nitrogen and oxygen atoms in total. The molecule has 1 N–H and O–H groups in total. The largest absolute Gasteiger partial charge is 0.481 e. The molecule has 0 aromatic heterocycles. The molecule has 0 radical (unpaired) electrons. The predicted octanol–water partition coefficient (Wildman–Crippen LogP) is 0.275. The Kier molecular flexibility index (Phi) is 5.75. The van der Waals surface area contributed by atoms with E-state index in [1.807, 2.05) is 25.7 Å². The van der Waals surface area contributed by atoms with Gasteiger partial charge in [0.05, 0.1) is 25.7 Å². The topological polar surface area (TPSA) is 70.1 Å². The quantitative estimate of drug-likeness (QED) is 0.752. The van der Waals surface area contributed by atoms with Crippen LogP contribution in [0.3, 0.4) is 0 Å². The first-order chi connectivity index (χ1) is 8.88. The standard InChI is InChI=1S/C13H24N2O4/c1-5-15(6-12(16)14(4)9(2)3)11-8-19-7-10(11)13(17)18/h9-11H,5-8H2,1-4H3,(H,17,18). The fraction of sp³-hybridized carbons (Fsp3) is 0.846. The van der Waals surface area contributed by atoms with Gasteiger partial charge in [-0.15, -0.1) is 0 Å². The van der Waals surface area contributed by atoms with E-state index in [2.05, 4.69) is 0 Å². The Hall–Kier alpha value is -1.14. The summed E-state index contributed by atoms with van der Waals surface area (Å²) in [6, 6.07) is -0.0756. The van der Waals surface area contributed by atoms with Crippen LogP contribution >= 0.6 is 0 Å². The van der Waals surface area contributed by atoms with Crippen molar-refractivity contribution in [3.05, 3.63) is 0 Å². The van der Waals surface area contributed by atoms with Crippen molar-refractivity contribution in [3.8, 4) is 0 Å². The van der Waals surface area contributed by atoms with Gasteiger partial charge in [0, 0.05) is 19.1 Å². The smallest absolute Gasteiger partial charge is 0.310 e. The number of amides is 1. The first-order valence-electron chi connectivity index (χ1n) is 6.68. The molecule has 0 aromatic carbocycles. The lowest BCUT2D eigenvalue weighted by Gasteiger charge is -2.31. The molecule has 6 heteroatoms. The third kappa shape index (κ3) is 3.91. The van der Waals surface area contributed by atoms with Gasteiger partial charge >= 0.3 is 5.97 Å². The number of carboxylic acids is 1. The summed E-state index contributed by atoms with van der Waals surface area (Å²) in [6.45, 7) is 7.31. The average molecular weight is 272 g/mol. The van der Waals surface area contributed by atoms with E-state index in [1.54, 1.807) is 11.9 Å². The van der Waals surface area contributed by atoms with Crippen LogP contribution in [0.1, 0.15) is 20.8 Å². The number of hydrogen-bond acceptors (Lipinski definition) is 4. The summed E-state index contributed by atoms with van der Waals surface area (Å²) in [7, 11) is 1.76. The predicted molar refractivity (Wildman–Crippen MR) is 70.9 cm³/mol. The first kappa shape index (κ1) is 15.9. The Bertz CT molecular complexity index is 333. The maximum absolute atomic E-state index is 12.1. The average Bonchev–Trinajstić information content (AvgIpc) is 2.83. The van der Waals surface area contributed by atoms with Gasteiger partial charge in [0.1, 0.15) is 0 Å². The molecule has 1 aliphatic heterocycles. The zero-order valence-corrected chi connectivity index (χ0v) is 12.1. The Labute approximate surface area is 114 Å². The molecule has 2 unspecified atom stereocenters. The zero-order valence-electron chi connectivity index (χ0n) is 12.1. The molecule has 1 amide bonds. The number of carbonyl (C=O) groups is 2. The highest BCUT2D eigenvalue weighted by Crippen LogP contribution is 2.20. The van der Waals surface area contributed by atoms with E-state index in [0.717, 1.165) is 0 Å².